The van der Waals surface area contributed by atoms with Gasteiger partial charge >= 0.3 is 11.9 Å². The quantitative estimate of drug-likeness (QED) is 0.364. The third-order valence-electron chi connectivity index (χ3n) is 4.89. The number of carbonyl (C=O) groups is 2. The number of hydrogen-bond donors (Lipinski definition) is 1. The summed E-state index contributed by atoms with van der Waals surface area (Å²) in [4.78, 5) is 22.6. The summed E-state index contributed by atoms with van der Waals surface area (Å²) in [5.74, 6) is 0.971. The van der Waals surface area contributed by atoms with Crippen LogP contribution in [0.3, 0.4) is 0 Å². The minimum atomic E-state index is -0.980. The molecule has 1 aliphatic carbocycles. The van der Waals surface area contributed by atoms with Gasteiger partial charge in [-0.2, -0.15) is 0 Å². The van der Waals surface area contributed by atoms with Crippen LogP contribution in [-0.4, -0.2) is 36.9 Å². The molecule has 0 bridgehead atoms. The van der Waals surface area contributed by atoms with Crippen molar-refractivity contribution in [3.63, 3.8) is 0 Å². The monoisotopic (exact) mass is 538 g/mol. The van der Waals surface area contributed by atoms with Crippen molar-refractivity contribution in [3.05, 3.63) is 46.4 Å². The van der Waals surface area contributed by atoms with Crippen molar-refractivity contribution in [2.45, 2.75) is 56.2 Å². The summed E-state index contributed by atoms with van der Waals surface area (Å²) in [5, 5.41) is 8.73. The average Bonchev–Trinajstić information content (AvgIpc) is 3.25. The van der Waals surface area contributed by atoms with Crippen molar-refractivity contribution in [2.24, 2.45) is 5.92 Å². The van der Waals surface area contributed by atoms with E-state index in [4.69, 9.17) is 14.6 Å². The summed E-state index contributed by atoms with van der Waals surface area (Å²) in [6.07, 6.45) is 5.18. The Morgan fingerprint density at radius 1 is 1.09 bits per heavy atom. The van der Waals surface area contributed by atoms with Crippen LogP contribution in [0.1, 0.15) is 45.1 Å². The first-order chi connectivity index (χ1) is 15.8. The molecule has 1 aliphatic rings. The zero-order valence-corrected chi connectivity index (χ0v) is 21.7. The zero-order valence-electron chi connectivity index (χ0n) is 19.3. The Balaban J connectivity index is 0.000000569. The molecule has 0 amide bonds. The van der Waals surface area contributed by atoms with E-state index in [1.165, 1.54) is 32.6 Å². The molecule has 0 atom stereocenters. The lowest BCUT2D eigenvalue weighted by Gasteiger charge is -2.13. The van der Waals surface area contributed by atoms with Crippen LogP contribution in [0.5, 0.6) is 11.5 Å². The maximum Gasteiger partial charge on any atom is 0.341 e. The molecule has 0 saturated heterocycles. The molecular formula is C25H31BrO6S. The topological polar surface area (TPSA) is 82.1 Å². The highest BCUT2D eigenvalue weighted by molar-refractivity contribution is 9.10. The van der Waals surface area contributed by atoms with Crippen molar-refractivity contribution < 1.29 is 28.9 Å². The fourth-order valence-electron chi connectivity index (χ4n) is 3.40. The Hall–Kier alpha value is -2.19. The number of carboxylic acid groups (broad SMARTS) is 1. The summed E-state index contributed by atoms with van der Waals surface area (Å²) in [7, 11) is 0. The molecular weight excluding hydrogens is 508 g/mol. The number of benzene rings is 2. The molecule has 1 N–H and O–H groups in total. The first-order valence-corrected chi connectivity index (χ1v) is 12.6. The van der Waals surface area contributed by atoms with E-state index in [2.05, 4.69) is 32.8 Å². The van der Waals surface area contributed by atoms with Crippen LogP contribution in [-0.2, 0) is 14.3 Å². The third-order valence-corrected chi connectivity index (χ3v) is 6.30. The van der Waals surface area contributed by atoms with E-state index in [1.807, 2.05) is 31.2 Å². The number of carbonyl (C=O) groups excluding carboxylic acids is 1. The molecule has 0 spiro atoms. The predicted molar refractivity (Wildman–Crippen MR) is 132 cm³/mol. The maximum absolute atomic E-state index is 10.6. The Bertz CT molecular complexity index is 927. The summed E-state index contributed by atoms with van der Waals surface area (Å²) in [6, 6.07) is 11.9. The average molecular weight is 539 g/mol. The smallest absolute Gasteiger partial charge is 0.341 e. The number of hydrogen-bond acceptors (Lipinski definition) is 6. The summed E-state index contributed by atoms with van der Waals surface area (Å²) >= 11 is 5.21. The molecule has 180 valence electrons. The Kier molecular flexibility index (Phi) is 11.6. The SMILES string of the molecule is CCOC(C)=O.Cc1cc(Sc2cc(Br)cc(OCC3CCCC3)c2)ccc1OCC(=O)O. The standard InChI is InChI=1S/C21H23BrO4S.C4H8O2/c1-14-8-18(6-7-20(14)26-13-21(23)24)27-19-10-16(22)9-17(11-19)25-12-15-4-2-3-5-15;1-3-6-4(2)5/h6-11,15H,2-5,12-13H2,1H3,(H,23,24);3H2,1-2H3. The van der Waals surface area contributed by atoms with Crippen LogP contribution in [0.4, 0.5) is 0 Å². The Morgan fingerprint density at radius 3 is 2.39 bits per heavy atom. The highest BCUT2D eigenvalue weighted by Crippen LogP contribution is 2.35. The number of rotatable bonds is 9. The molecule has 2 aromatic carbocycles. The first kappa shape index (κ1) is 27.1. The van der Waals surface area contributed by atoms with Gasteiger partial charge in [0.1, 0.15) is 11.5 Å². The van der Waals surface area contributed by atoms with Crippen LogP contribution in [0, 0.1) is 12.8 Å². The van der Waals surface area contributed by atoms with Gasteiger partial charge in [0.2, 0.25) is 0 Å². The molecule has 0 aromatic heterocycles. The van der Waals surface area contributed by atoms with Gasteiger partial charge in [0.05, 0.1) is 13.2 Å². The molecule has 1 fully saturated rings. The molecule has 1 saturated carbocycles. The Labute approximate surface area is 208 Å². The van der Waals surface area contributed by atoms with Crippen molar-refractivity contribution in [1.29, 1.82) is 0 Å². The zero-order chi connectivity index (χ0) is 24.2. The lowest BCUT2D eigenvalue weighted by atomic mass is 10.1. The van der Waals surface area contributed by atoms with Crippen molar-refractivity contribution in [3.8, 4) is 11.5 Å². The normalized spacial score (nSPS) is 13.1. The molecule has 8 heteroatoms. The van der Waals surface area contributed by atoms with Gasteiger partial charge in [0.25, 0.3) is 0 Å². The van der Waals surface area contributed by atoms with Gasteiger partial charge < -0.3 is 19.3 Å². The van der Waals surface area contributed by atoms with E-state index < -0.39 is 5.97 Å². The minimum Gasteiger partial charge on any atom is -0.493 e. The number of aryl methyl sites for hydroxylation is 1. The summed E-state index contributed by atoms with van der Waals surface area (Å²) in [5.41, 5.74) is 0.911. The second kappa shape index (κ2) is 14.2. The van der Waals surface area contributed by atoms with Crippen molar-refractivity contribution in [1.82, 2.24) is 0 Å². The largest absolute Gasteiger partial charge is 0.493 e. The molecule has 0 heterocycles. The van der Waals surface area contributed by atoms with Gasteiger partial charge in [0, 0.05) is 21.2 Å². The van der Waals surface area contributed by atoms with E-state index in [9.17, 15) is 9.59 Å². The van der Waals surface area contributed by atoms with Crippen LogP contribution in [0.15, 0.2) is 50.7 Å². The molecule has 0 unspecified atom stereocenters. The fraction of sp³-hybridized carbons (Fsp3) is 0.440. The predicted octanol–water partition coefficient (Wildman–Crippen LogP) is 6.51. The van der Waals surface area contributed by atoms with Crippen LogP contribution < -0.4 is 9.47 Å². The van der Waals surface area contributed by atoms with Gasteiger partial charge in [-0.25, -0.2) is 4.79 Å². The van der Waals surface area contributed by atoms with E-state index >= 15 is 0 Å². The van der Waals surface area contributed by atoms with Gasteiger partial charge in [-0.3, -0.25) is 4.79 Å². The Morgan fingerprint density at radius 2 is 1.82 bits per heavy atom. The van der Waals surface area contributed by atoms with Crippen LogP contribution in [0.2, 0.25) is 0 Å². The van der Waals surface area contributed by atoms with Crippen molar-refractivity contribution in [2.75, 3.05) is 19.8 Å². The number of esters is 1. The number of halogens is 1. The van der Waals surface area contributed by atoms with Gasteiger partial charge in [0.15, 0.2) is 6.61 Å². The number of aliphatic carboxylic acids is 1. The van der Waals surface area contributed by atoms with Crippen LogP contribution >= 0.6 is 27.7 Å². The van der Waals surface area contributed by atoms with Gasteiger partial charge in [-0.1, -0.05) is 40.5 Å². The molecule has 3 rings (SSSR count). The molecule has 6 nitrogen and oxygen atoms in total. The summed E-state index contributed by atoms with van der Waals surface area (Å²) in [6.45, 7) is 6.02. The lowest BCUT2D eigenvalue weighted by molar-refractivity contribution is -0.140. The number of ether oxygens (including phenoxy) is 3. The summed E-state index contributed by atoms with van der Waals surface area (Å²) < 4.78 is 16.7. The minimum absolute atomic E-state index is 0.211. The highest BCUT2D eigenvalue weighted by Gasteiger charge is 2.16. The molecule has 0 radical (unpaired) electrons. The van der Waals surface area contributed by atoms with E-state index in [0.717, 1.165) is 32.2 Å². The molecule has 33 heavy (non-hydrogen) atoms. The molecule has 2 aromatic rings. The van der Waals surface area contributed by atoms with Crippen LogP contribution in [0.25, 0.3) is 0 Å². The highest BCUT2D eigenvalue weighted by atomic mass is 79.9. The lowest BCUT2D eigenvalue weighted by Crippen LogP contribution is -2.09. The second-order valence-electron chi connectivity index (χ2n) is 7.72. The fourth-order valence-corrected chi connectivity index (χ4v) is 5.03. The second-order valence-corrected chi connectivity index (χ2v) is 9.78. The third kappa shape index (κ3) is 10.5. The van der Waals surface area contributed by atoms with E-state index in [1.54, 1.807) is 18.7 Å². The number of carboxylic acids is 1. The maximum atomic E-state index is 10.6. The van der Waals surface area contributed by atoms with Gasteiger partial charge in [-0.15, -0.1) is 0 Å². The first-order valence-electron chi connectivity index (χ1n) is 11.0. The van der Waals surface area contributed by atoms with Crippen molar-refractivity contribution >= 4 is 39.6 Å². The van der Waals surface area contributed by atoms with Gasteiger partial charge in [-0.05, 0) is 74.6 Å². The molecule has 0 aliphatic heterocycles. The van der Waals surface area contributed by atoms with E-state index in [-0.39, 0.29) is 12.6 Å². The van der Waals surface area contributed by atoms with E-state index in [0.29, 0.717) is 18.3 Å².